The van der Waals surface area contributed by atoms with E-state index in [1.54, 1.807) is 24.3 Å². The number of ether oxygens (including phenoxy) is 1. The summed E-state index contributed by atoms with van der Waals surface area (Å²) in [5.74, 6) is -0.256. The molecule has 0 aliphatic rings. The molecule has 0 atom stereocenters. The highest BCUT2D eigenvalue weighted by Crippen LogP contribution is 2.33. The third kappa shape index (κ3) is 4.09. The monoisotopic (exact) mass is 395 g/mol. The van der Waals surface area contributed by atoms with Gasteiger partial charge in [-0.1, -0.05) is 53.3 Å². The van der Waals surface area contributed by atoms with Crippen LogP contribution in [-0.2, 0) is 0 Å². The lowest BCUT2D eigenvalue weighted by Crippen LogP contribution is -2.02. The van der Waals surface area contributed by atoms with Gasteiger partial charge in [0.2, 0.25) is 5.78 Å². The molecular weight excluding hydrogens is 384 g/mol. The molecule has 134 valence electrons. The molecule has 0 aliphatic heterocycles. The van der Waals surface area contributed by atoms with Crippen molar-refractivity contribution in [2.45, 2.75) is 6.61 Å². The molecule has 0 amide bonds. The maximum absolute atomic E-state index is 12.5. The van der Waals surface area contributed by atoms with Crippen LogP contribution >= 0.6 is 22.9 Å². The van der Waals surface area contributed by atoms with Gasteiger partial charge in [0, 0.05) is 11.3 Å². The van der Waals surface area contributed by atoms with Crippen LogP contribution < -0.4 is 15.8 Å². The first-order valence-corrected chi connectivity index (χ1v) is 8.51. The minimum atomic E-state index is -2.96. The number of carbonyl (C=O) groups excluding carboxylic acids is 1. The highest BCUT2D eigenvalue weighted by Gasteiger charge is 2.18. The van der Waals surface area contributed by atoms with Crippen molar-refractivity contribution < 1.29 is 18.3 Å². The third-order valence-corrected chi connectivity index (χ3v) is 4.58. The van der Waals surface area contributed by atoms with Crippen LogP contribution in [0.4, 0.5) is 25.4 Å². The average Bonchev–Trinajstić information content (AvgIpc) is 2.97. The second-order valence-corrected chi connectivity index (χ2v) is 6.48. The first-order chi connectivity index (χ1) is 12.4. The van der Waals surface area contributed by atoms with Gasteiger partial charge in [-0.25, -0.2) is 4.98 Å². The first kappa shape index (κ1) is 18.1. The van der Waals surface area contributed by atoms with Crippen molar-refractivity contribution >= 4 is 45.4 Å². The predicted molar refractivity (Wildman–Crippen MR) is 97.8 cm³/mol. The Balaban J connectivity index is 1.79. The summed E-state index contributed by atoms with van der Waals surface area (Å²) in [6.07, 6.45) is 0. The Morgan fingerprint density at radius 1 is 1.23 bits per heavy atom. The number of ketones is 1. The van der Waals surface area contributed by atoms with Gasteiger partial charge >= 0.3 is 6.61 Å². The van der Waals surface area contributed by atoms with Crippen LogP contribution in [0.15, 0.2) is 48.5 Å². The summed E-state index contributed by atoms with van der Waals surface area (Å²) in [7, 11) is 0. The number of halogens is 3. The van der Waals surface area contributed by atoms with Gasteiger partial charge in [0.15, 0.2) is 5.13 Å². The second kappa shape index (κ2) is 7.67. The van der Waals surface area contributed by atoms with Gasteiger partial charge in [-0.2, -0.15) is 8.78 Å². The van der Waals surface area contributed by atoms with Gasteiger partial charge in [0.05, 0.1) is 5.02 Å². The van der Waals surface area contributed by atoms with Gasteiger partial charge in [-0.3, -0.25) is 4.79 Å². The Morgan fingerprint density at radius 3 is 2.62 bits per heavy atom. The van der Waals surface area contributed by atoms with Crippen LogP contribution in [0.3, 0.4) is 0 Å². The molecule has 0 bridgehead atoms. The van der Waals surface area contributed by atoms with Crippen molar-refractivity contribution in [2.24, 2.45) is 0 Å². The Labute approximate surface area is 156 Å². The predicted octanol–water partition coefficient (Wildman–Crippen LogP) is 4.95. The van der Waals surface area contributed by atoms with E-state index in [0.29, 0.717) is 21.3 Å². The van der Waals surface area contributed by atoms with Crippen LogP contribution in [0, 0.1) is 0 Å². The second-order valence-electron chi connectivity index (χ2n) is 5.08. The Morgan fingerprint density at radius 2 is 1.96 bits per heavy atom. The highest BCUT2D eigenvalue weighted by molar-refractivity contribution is 7.18. The van der Waals surface area contributed by atoms with Crippen molar-refractivity contribution in [3.8, 4) is 5.75 Å². The van der Waals surface area contributed by atoms with Crippen molar-refractivity contribution in [3.05, 3.63) is 64.0 Å². The highest BCUT2D eigenvalue weighted by atomic mass is 35.5. The van der Waals surface area contributed by atoms with E-state index in [2.05, 4.69) is 15.0 Å². The summed E-state index contributed by atoms with van der Waals surface area (Å²) < 4.78 is 28.8. The minimum absolute atomic E-state index is 0.0143. The first-order valence-electron chi connectivity index (χ1n) is 7.31. The van der Waals surface area contributed by atoms with E-state index in [1.165, 1.54) is 18.2 Å². The quantitative estimate of drug-likeness (QED) is 0.577. The van der Waals surface area contributed by atoms with Gasteiger partial charge < -0.3 is 15.8 Å². The van der Waals surface area contributed by atoms with Gasteiger partial charge in [0.1, 0.15) is 16.4 Å². The average molecular weight is 396 g/mol. The molecule has 1 aromatic heterocycles. The lowest BCUT2D eigenvalue weighted by molar-refractivity contribution is -0.0497. The van der Waals surface area contributed by atoms with E-state index in [0.717, 1.165) is 11.3 Å². The molecule has 0 saturated heterocycles. The van der Waals surface area contributed by atoms with Crippen molar-refractivity contribution in [3.63, 3.8) is 0 Å². The number of rotatable bonds is 6. The number of hydrogen-bond donors (Lipinski definition) is 2. The minimum Gasteiger partial charge on any atom is -0.433 e. The van der Waals surface area contributed by atoms with Gasteiger partial charge in [0.25, 0.3) is 0 Å². The molecule has 9 heteroatoms. The summed E-state index contributed by atoms with van der Waals surface area (Å²) in [6, 6.07) is 12.9. The molecule has 3 rings (SSSR count). The van der Waals surface area contributed by atoms with Crippen molar-refractivity contribution in [1.82, 2.24) is 4.98 Å². The maximum atomic E-state index is 12.5. The fraction of sp³-hybridized carbons (Fsp3) is 0.0588. The molecule has 3 aromatic rings. The zero-order valence-corrected chi connectivity index (χ0v) is 14.7. The number of hydrogen-bond acceptors (Lipinski definition) is 6. The standard InChI is InChI=1S/C17H12ClF2N3O2S/c18-11-8-10(6-7-12(11)25-16(19)20)22-17-23-15(21)14(26-17)13(24)9-4-2-1-3-5-9/h1-8,16H,21H2,(H,22,23). The number of aromatic nitrogens is 1. The van der Waals surface area contributed by atoms with Crippen LogP contribution in [0.2, 0.25) is 5.02 Å². The number of carbonyl (C=O) groups is 1. The van der Waals surface area contributed by atoms with Crippen LogP contribution in [0.5, 0.6) is 5.75 Å². The number of nitrogen functional groups attached to an aromatic ring is 1. The molecule has 3 N–H and O–H groups in total. The number of thiazole rings is 1. The smallest absolute Gasteiger partial charge is 0.387 e. The molecule has 0 saturated carbocycles. The van der Waals surface area contributed by atoms with E-state index in [9.17, 15) is 13.6 Å². The number of anilines is 3. The molecule has 1 heterocycles. The summed E-state index contributed by atoms with van der Waals surface area (Å²) in [4.78, 5) is 16.9. The molecule has 0 aliphatic carbocycles. The zero-order valence-electron chi connectivity index (χ0n) is 13.1. The van der Waals surface area contributed by atoms with E-state index in [1.807, 2.05) is 6.07 Å². The molecule has 5 nitrogen and oxygen atoms in total. The summed E-state index contributed by atoms with van der Waals surface area (Å²) in [5, 5.41) is 3.33. The van der Waals surface area contributed by atoms with Crippen molar-refractivity contribution in [1.29, 1.82) is 0 Å². The SMILES string of the molecule is Nc1nc(Nc2ccc(OC(F)F)c(Cl)c2)sc1C(=O)c1ccccc1. The Kier molecular flexibility index (Phi) is 5.34. The molecule has 0 radical (unpaired) electrons. The van der Waals surface area contributed by atoms with Crippen LogP contribution in [-0.4, -0.2) is 17.4 Å². The Hall–Kier alpha value is -2.71. The molecule has 2 aromatic carbocycles. The lowest BCUT2D eigenvalue weighted by Gasteiger charge is -2.08. The topological polar surface area (TPSA) is 77.2 Å². The van der Waals surface area contributed by atoms with E-state index >= 15 is 0 Å². The fourth-order valence-electron chi connectivity index (χ4n) is 2.16. The van der Waals surface area contributed by atoms with Gasteiger partial charge in [-0.05, 0) is 18.2 Å². The molecule has 0 unspecified atom stereocenters. The normalized spacial score (nSPS) is 10.8. The zero-order chi connectivity index (χ0) is 18.7. The van der Waals surface area contributed by atoms with E-state index < -0.39 is 6.61 Å². The fourth-order valence-corrected chi connectivity index (χ4v) is 3.25. The Bertz CT molecular complexity index is 935. The summed E-state index contributed by atoms with van der Waals surface area (Å²) in [5.41, 5.74) is 6.85. The van der Waals surface area contributed by atoms with Gasteiger partial charge in [-0.15, -0.1) is 0 Å². The molecule has 26 heavy (non-hydrogen) atoms. The summed E-state index contributed by atoms with van der Waals surface area (Å²) in [6.45, 7) is -2.96. The summed E-state index contributed by atoms with van der Waals surface area (Å²) >= 11 is 7.00. The number of nitrogens with two attached hydrogens (primary N) is 1. The number of nitrogens with zero attached hydrogens (tertiary/aromatic N) is 1. The number of nitrogens with one attached hydrogen (secondary N) is 1. The number of benzene rings is 2. The van der Waals surface area contributed by atoms with E-state index in [4.69, 9.17) is 17.3 Å². The largest absolute Gasteiger partial charge is 0.433 e. The third-order valence-electron chi connectivity index (χ3n) is 3.29. The van der Waals surface area contributed by atoms with Crippen molar-refractivity contribution in [2.75, 3.05) is 11.1 Å². The molecule has 0 spiro atoms. The maximum Gasteiger partial charge on any atom is 0.387 e. The number of alkyl halides is 2. The molecule has 0 fully saturated rings. The van der Waals surface area contributed by atoms with E-state index in [-0.39, 0.29) is 22.4 Å². The lowest BCUT2D eigenvalue weighted by atomic mass is 10.1. The van der Waals surface area contributed by atoms with Crippen LogP contribution in [0.25, 0.3) is 0 Å². The molecular formula is C17H12ClF2N3O2S. The van der Waals surface area contributed by atoms with Crippen LogP contribution in [0.1, 0.15) is 15.2 Å².